The van der Waals surface area contributed by atoms with Crippen molar-refractivity contribution < 1.29 is 19.1 Å². The number of rotatable bonds is 4. The summed E-state index contributed by atoms with van der Waals surface area (Å²) in [5.74, 6) is -0.907. The van der Waals surface area contributed by atoms with Crippen molar-refractivity contribution in [3.8, 4) is 0 Å². The van der Waals surface area contributed by atoms with E-state index in [9.17, 15) is 9.59 Å². The third-order valence-electron chi connectivity index (χ3n) is 2.05. The van der Waals surface area contributed by atoms with Gasteiger partial charge in [-0.2, -0.15) is 0 Å². The summed E-state index contributed by atoms with van der Waals surface area (Å²) in [6, 6.07) is 2.89. The lowest BCUT2D eigenvalue weighted by Gasteiger charge is -2.14. The second-order valence-electron chi connectivity index (χ2n) is 2.95. The van der Waals surface area contributed by atoms with Gasteiger partial charge in [-0.05, 0) is 12.1 Å². The molecule has 0 N–H and O–H groups in total. The van der Waals surface area contributed by atoms with Crippen LogP contribution < -0.4 is 0 Å². The Morgan fingerprint density at radius 2 is 1.80 bits per heavy atom. The van der Waals surface area contributed by atoms with Crippen molar-refractivity contribution in [2.75, 3.05) is 14.2 Å². The third-order valence-corrected chi connectivity index (χ3v) is 2.05. The zero-order valence-electron chi connectivity index (χ0n) is 8.67. The Hall–Kier alpha value is -1.78. The predicted molar refractivity (Wildman–Crippen MR) is 52.1 cm³/mol. The van der Waals surface area contributed by atoms with Crippen LogP contribution in [0, 0.1) is 0 Å². The molecule has 0 saturated carbocycles. The van der Waals surface area contributed by atoms with Gasteiger partial charge in [0.15, 0.2) is 0 Å². The van der Waals surface area contributed by atoms with Gasteiger partial charge in [0, 0.05) is 12.4 Å². The van der Waals surface area contributed by atoms with E-state index in [4.69, 9.17) is 0 Å². The van der Waals surface area contributed by atoms with Crippen molar-refractivity contribution >= 4 is 11.9 Å². The molecule has 0 unspecified atom stereocenters. The van der Waals surface area contributed by atoms with Gasteiger partial charge in [-0.3, -0.25) is 4.79 Å². The van der Waals surface area contributed by atoms with Crippen LogP contribution in [-0.2, 0) is 19.1 Å². The van der Waals surface area contributed by atoms with Crippen LogP contribution in [0.2, 0.25) is 0 Å². The maximum absolute atomic E-state index is 11.4. The van der Waals surface area contributed by atoms with Crippen LogP contribution in [0.25, 0.3) is 0 Å². The van der Waals surface area contributed by atoms with Gasteiger partial charge < -0.3 is 14.0 Å². The average molecular weight is 211 g/mol. The Morgan fingerprint density at radius 1 is 1.20 bits per heavy atom. The third kappa shape index (κ3) is 2.83. The van der Waals surface area contributed by atoms with Gasteiger partial charge in [0.25, 0.3) is 0 Å². The Labute approximate surface area is 87.6 Å². The van der Waals surface area contributed by atoms with Crippen molar-refractivity contribution in [1.29, 1.82) is 0 Å². The Balaban J connectivity index is 2.79. The highest BCUT2D eigenvalue weighted by Gasteiger charge is 2.23. The molecular formula is C10H13NO4. The summed E-state index contributed by atoms with van der Waals surface area (Å²) >= 11 is 0. The van der Waals surface area contributed by atoms with Crippen LogP contribution >= 0.6 is 0 Å². The second-order valence-corrected chi connectivity index (χ2v) is 2.95. The summed E-state index contributed by atoms with van der Waals surface area (Å²) in [6.07, 6.45) is 3.37. The molecule has 0 aliphatic rings. The van der Waals surface area contributed by atoms with E-state index < -0.39 is 18.0 Å². The summed E-state index contributed by atoms with van der Waals surface area (Å²) in [6.45, 7) is 0. The van der Waals surface area contributed by atoms with Crippen molar-refractivity contribution in [2.45, 2.75) is 12.5 Å². The van der Waals surface area contributed by atoms with Crippen molar-refractivity contribution in [2.24, 2.45) is 0 Å². The highest BCUT2D eigenvalue weighted by atomic mass is 16.5. The van der Waals surface area contributed by atoms with Crippen molar-refractivity contribution in [1.82, 2.24) is 4.57 Å². The quantitative estimate of drug-likeness (QED) is 0.690. The minimum Gasteiger partial charge on any atom is -0.469 e. The fourth-order valence-corrected chi connectivity index (χ4v) is 1.24. The van der Waals surface area contributed by atoms with E-state index in [-0.39, 0.29) is 6.42 Å². The number of carbonyl (C=O) groups is 2. The number of hydrogen-bond acceptors (Lipinski definition) is 4. The van der Waals surface area contributed by atoms with Crippen LogP contribution in [0.4, 0.5) is 0 Å². The largest absolute Gasteiger partial charge is 0.469 e. The molecule has 1 rings (SSSR count). The minimum absolute atomic E-state index is 0.0299. The number of esters is 2. The van der Waals surface area contributed by atoms with Crippen LogP contribution in [0.5, 0.6) is 0 Å². The summed E-state index contributed by atoms with van der Waals surface area (Å²) in [4.78, 5) is 22.5. The Bertz CT molecular complexity index is 331. The molecule has 0 fully saturated rings. The molecule has 0 aliphatic heterocycles. The molecular weight excluding hydrogens is 198 g/mol. The molecule has 0 aromatic carbocycles. The standard InChI is InChI=1S/C10H13NO4/c1-14-9(12)7-8(10(13)15-2)11-5-3-4-6-11/h3-6,8H,7H2,1-2H3/t8-/m0/s1. The van der Waals surface area contributed by atoms with Crippen LogP contribution in [0.1, 0.15) is 12.5 Å². The van der Waals surface area contributed by atoms with E-state index in [0.29, 0.717) is 0 Å². The lowest BCUT2D eigenvalue weighted by atomic mass is 10.2. The van der Waals surface area contributed by atoms with E-state index >= 15 is 0 Å². The number of nitrogens with zero attached hydrogens (tertiary/aromatic N) is 1. The van der Waals surface area contributed by atoms with Crippen LogP contribution in [0.3, 0.4) is 0 Å². The first-order valence-electron chi connectivity index (χ1n) is 4.46. The Morgan fingerprint density at radius 3 is 2.27 bits per heavy atom. The second kappa shape index (κ2) is 5.19. The molecule has 5 heteroatoms. The lowest BCUT2D eigenvalue weighted by molar-refractivity contribution is -0.151. The van der Waals surface area contributed by atoms with E-state index in [2.05, 4.69) is 9.47 Å². The molecule has 1 aromatic rings. The highest BCUT2D eigenvalue weighted by molar-refractivity contribution is 5.81. The molecule has 0 radical (unpaired) electrons. The summed E-state index contributed by atoms with van der Waals surface area (Å²) < 4.78 is 10.7. The van der Waals surface area contributed by atoms with Gasteiger partial charge in [0.1, 0.15) is 6.04 Å². The lowest BCUT2D eigenvalue weighted by Crippen LogP contribution is -2.23. The summed E-state index contributed by atoms with van der Waals surface area (Å²) in [5.41, 5.74) is 0. The number of hydrogen-bond donors (Lipinski definition) is 0. The zero-order chi connectivity index (χ0) is 11.3. The smallest absolute Gasteiger partial charge is 0.329 e. The van der Waals surface area contributed by atoms with Gasteiger partial charge in [0.2, 0.25) is 0 Å². The zero-order valence-corrected chi connectivity index (χ0v) is 8.67. The number of aromatic nitrogens is 1. The fraction of sp³-hybridized carbons (Fsp3) is 0.400. The first-order chi connectivity index (χ1) is 7.19. The highest BCUT2D eigenvalue weighted by Crippen LogP contribution is 2.14. The number of methoxy groups -OCH3 is 2. The average Bonchev–Trinajstić information content (AvgIpc) is 2.77. The normalized spacial score (nSPS) is 11.9. The molecule has 1 aromatic heterocycles. The molecule has 0 spiro atoms. The molecule has 15 heavy (non-hydrogen) atoms. The van der Waals surface area contributed by atoms with E-state index in [1.54, 1.807) is 29.1 Å². The first kappa shape index (κ1) is 11.3. The summed E-state index contributed by atoms with van der Waals surface area (Å²) in [7, 11) is 2.57. The van der Waals surface area contributed by atoms with Crippen LogP contribution in [-0.4, -0.2) is 30.7 Å². The molecule has 1 heterocycles. The van der Waals surface area contributed by atoms with Crippen LogP contribution in [0.15, 0.2) is 24.5 Å². The number of carbonyl (C=O) groups excluding carboxylic acids is 2. The molecule has 0 aliphatic carbocycles. The van der Waals surface area contributed by atoms with Gasteiger partial charge in [0.05, 0.1) is 20.6 Å². The van der Waals surface area contributed by atoms with Gasteiger partial charge in [-0.25, -0.2) is 4.79 Å². The molecule has 0 saturated heterocycles. The molecule has 82 valence electrons. The minimum atomic E-state index is -0.655. The van der Waals surface area contributed by atoms with Gasteiger partial charge in [-0.1, -0.05) is 0 Å². The first-order valence-corrected chi connectivity index (χ1v) is 4.46. The monoisotopic (exact) mass is 211 g/mol. The number of ether oxygens (including phenoxy) is 2. The SMILES string of the molecule is COC(=O)C[C@@H](C(=O)OC)n1cccc1. The molecule has 5 nitrogen and oxygen atoms in total. The van der Waals surface area contributed by atoms with Gasteiger partial charge >= 0.3 is 11.9 Å². The topological polar surface area (TPSA) is 57.5 Å². The van der Waals surface area contributed by atoms with Crippen molar-refractivity contribution in [3.63, 3.8) is 0 Å². The molecule has 1 atom stereocenters. The van der Waals surface area contributed by atoms with E-state index in [0.717, 1.165) is 0 Å². The van der Waals surface area contributed by atoms with Crippen molar-refractivity contribution in [3.05, 3.63) is 24.5 Å². The maximum Gasteiger partial charge on any atom is 0.329 e. The fourth-order valence-electron chi connectivity index (χ4n) is 1.24. The van der Waals surface area contributed by atoms with E-state index in [1.165, 1.54) is 14.2 Å². The maximum atomic E-state index is 11.4. The van der Waals surface area contributed by atoms with E-state index in [1.807, 2.05) is 0 Å². The predicted octanol–water partition coefficient (Wildman–Crippen LogP) is 0.765. The summed E-state index contributed by atoms with van der Waals surface area (Å²) in [5, 5.41) is 0. The molecule has 0 amide bonds. The molecule has 0 bridgehead atoms. The Kier molecular flexibility index (Phi) is 3.91. The van der Waals surface area contributed by atoms with Gasteiger partial charge in [-0.15, -0.1) is 0 Å².